The van der Waals surface area contributed by atoms with E-state index in [9.17, 15) is 22.8 Å². The number of halogens is 3. The summed E-state index contributed by atoms with van der Waals surface area (Å²) in [5.41, 5.74) is -1.53. The van der Waals surface area contributed by atoms with Crippen molar-refractivity contribution >= 4 is 17.2 Å². The molecule has 1 amide bonds. The number of hydrogen-bond donors (Lipinski definition) is 1. The molecule has 158 valence electrons. The monoisotopic (exact) mass is 436 g/mol. The molecule has 1 aliphatic rings. The van der Waals surface area contributed by atoms with Crippen LogP contribution in [0.3, 0.4) is 0 Å². The van der Waals surface area contributed by atoms with Crippen molar-refractivity contribution in [1.29, 1.82) is 0 Å². The number of thiophene rings is 1. The van der Waals surface area contributed by atoms with E-state index in [4.69, 9.17) is 0 Å². The summed E-state index contributed by atoms with van der Waals surface area (Å²) in [6.45, 7) is 0.729. The van der Waals surface area contributed by atoms with Crippen LogP contribution in [0.15, 0.2) is 46.6 Å². The molecular weight excluding hydrogens is 417 g/mol. The van der Waals surface area contributed by atoms with Gasteiger partial charge in [0.25, 0.3) is 5.91 Å². The molecular formula is C20H19F3N4O2S. The number of piperidine rings is 1. The maximum Gasteiger partial charge on any atom is 0.417 e. The molecule has 0 aliphatic carbocycles. The third kappa shape index (κ3) is 4.04. The first kappa shape index (κ1) is 20.4. The van der Waals surface area contributed by atoms with Gasteiger partial charge in [-0.05, 0) is 48.4 Å². The number of carbonyl (C=O) groups excluding carboxylic acids is 1. The van der Waals surface area contributed by atoms with Crippen LogP contribution < -0.4 is 5.69 Å². The van der Waals surface area contributed by atoms with E-state index >= 15 is 0 Å². The number of nitrogens with zero attached hydrogens (tertiary/aromatic N) is 3. The van der Waals surface area contributed by atoms with Gasteiger partial charge in [0.05, 0.1) is 11.1 Å². The summed E-state index contributed by atoms with van der Waals surface area (Å²) in [6, 6.07) is 8.57. The number of aromatic amines is 1. The van der Waals surface area contributed by atoms with Crippen LogP contribution in [0.25, 0.3) is 5.00 Å². The molecule has 0 saturated carbocycles. The maximum atomic E-state index is 13.2. The summed E-state index contributed by atoms with van der Waals surface area (Å²) in [4.78, 5) is 26.3. The number of benzene rings is 1. The second kappa shape index (κ2) is 8.10. The highest BCUT2D eigenvalue weighted by Crippen LogP contribution is 2.33. The Hall–Kier alpha value is -2.88. The van der Waals surface area contributed by atoms with E-state index in [1.165, 1.54) is 34.4 Å². The van der Waals surface area contributed by atoms with Crippen molar-refractivity contribution < 1.29 is 18.0 Å². The Morgan fingerprint density at radius 3 is 2.57 bits per heavy atom. The molecule has 6 nitrogen and oxygen atoms in total. The molecule has 10 heteroatoms. The quantitative estimate of drug-likeness (QED) is 0.678. The van der Waals surface area contributed by atoms with Gasteiger partial charge in [-0.2, -0.15) is 18.3 Å². The number of nitrogens with one attached hydrogen (secondary N) is 1. The molecule has 1 aliphatic heterocycles. The predicted octanol–water partition coefficient (Wildman–Crippen LogP) is 3.74. The Morgan fingerprint density at radius 2 is 1.90 bits per heavy atom. The zero-order valence-corrected chi connectivity index (χ0v) is 16.7. The van der Waals surface area contributed by atoms with Gasteiger partial charge in [0, 0.05) is 19.5 Å². The van der Waals surface area contributed by atoms with Crippen LogP contribution in [0.2, 0.25) is 0 Å². The Labute approximate surface area is 174 Å². The standard InChI is InChI=1S/C20H19F3N4O2S/c21-20(22,23)15-5-2-1-4-14(15)18(28)26-9-7-13(8-10-26)12-16-24-25-19(29)27(16)17-6-3-11-30-17/h1-6,11,13H,7-10,12H2,(H,25,29). The zero-order chi connectivity index (χ0) is 21.3. The number of H-pyrrole nitrogens is 1. The van der Waals surface area contributed by atoms with Crippen LogP contribution in [-0.4, -0.2) is 38.7 Å². The highest BCUT2D eigenvalue weighted by Gasteiger charge is 2.36. The van der Waals surface area contributed by atoms with Crippen LogP contribution in [0.1, 0.15) is 34.6 Å². The molecule has 0 unspecified atom stereocenters. The van der Waals surface area contributed by atoms with E-state index < -0.39 is 17.6 Å². The largest absolute Gasteiger partial charge is 0.417 e. The fourth-order valence-corrected chi connectivity index (χ4v) is 4.52. The summed E-state index contributed by atoms with van der Waals surface area (Å²) in [7, 11) is 0. The fourth-order valence-electron chi connectivity index (χ4n) is 3.78. The summed E-state index contributed by atoms with van der Waals surface area (Å²) in [5.74, 6) is 0.201. The average Bonchev–Trinajstić information content (AvgIpc) is 3.37. The first-order valence-corrected chi connectivity index (χ1v) is 10.4. The van der Waals surface area contributed by atoms with Gasteiger partial charge in [-0.15, -0.1) is 11.3 Å². The number of aromatic nitrogens is 3. The molecule has 3 aromatic rings. The van der Waals surface area contributed by atoms with Crippen molar-refractivity contribution in [3.05, 3.63) is 69.2 Å². The van der Waals surface area contributed by atoms with Gasteiger partial charge < -0.3 is 4.90 Å². The zero-order valence-electron chi connectivity index (χ0n) is 15.9. The van der Waals surface area contributed by atoms with Crippen LogP contribution in [0.4, 0.5) is 13.2 Å². The maximum absolute atomic E-state index is 13.2. The third-order valence-electron chi connectivity index (χ3n) is 5.30. The van der Waals surface area contributed by atoms with E-state index in [0.29, 0.717) is 38.2 Å². The molecule has 1 fully saturated rings. The Bertz CT molecular complexity index is 1080. The van der Waals surface area contributed by atoms with Crippen LogP contribution in [0, 0.1) is 5.92 Å². The highest BCUT2D eigenvalue weighted by molar-refractivity contribution is 7.12. The van der Waals surface area contributed by atoms with Crippen molar-refractivity contribution in [1.82, 2.24) is 19.7 Å². The van der Waals surface area contributed by atoms with Gasteiger partial charge in [0.2, 0.25) is 0 Å². The van der Waals surface area contributed by atoms with Gasteiger partial charge in [-0.25, -0.2) is 14.5 Å². The molecule has 3 heterocycles. The highest BCUT2D eigenvalue weighted by atomic mass is 32.1. The van der Waals surface area contributed by atoms with Crippen molar-refractivity contribution in [2.45, 2.75) is 25.4 Å². The lowest BCUT2D eigenvalue weighted by Crippen LogP contribution is -2.39. The van der Waals surface area contributed by atoms with E-state index in [0.717, 1.165) is 11.1 Å². The number of carbonyl (C=O) groups is 1. The van der Waals surface area contributed by atoms with Crippen molar-refractivity contribution in [2.24, 2.45) is 5.92 Å². The van der Waals surface area contributed by atoms with Crippen molar-refractivity contribution in [3.63, 3.8) is 0 Å². The lowest BCUT2D eigenvalue weighted by Gasteiger charge is -2.32. The summed E-state index contributed by atoms with van der Waals surface area (Å²) in [6.07, 6.45) is -2.76. The van der Waals surface area contributed by atoms with Crippen LogP contribution in [-0.2, 0) is 12.6 Å². The number of amides is 1. The van der Waals surface area contributed by atoms with E-state index in [1.54, 1.807) is 4.57 Å². The van der Waals surface area contributed by atoms with Crippen molar-refractivity contribution in [2.75, 3.05) is 13.1 Å². The molecule has 1 saturated heterocycles. The lowest BCUT2D eigenvalue weighted by atomic mass is 9.92. The first-order chi connectivity index (χ1) is 14.3. The van der Waals surface area contributed by atoms with Gasteiger partial charge in [0.1, 0.15) is 10.8 Å². The van der Waals surface area contributed by atoms with E-state index in [1.807, 2.05) is 17.5 Å². The van der Waals surface area contributed by atoms with Gasteiger partial charge in [0.15, 0.2) is 0 Å². The SMILES string of the molecule is O=C(c1ccccc1C(F)(F)F)N1CCC(Cc2n[nH]c(=O)n2-c2cccs2)CC1. The molecule has 4 rings (SSSR count). The second-order valence-electron chi connectivity index (χ2n) is 7.21. The van der Waals surface area contributed by atoms with Crippen LogP contribution in [0.5, 0.6) is 0 Å². The Kier molecular flexibility index (Phi) is 5.50. The summed E-state index contributed by atoms with van der Waals surface area (Å²) >= 11 is 1.43. The summed E-state index contributed by atoms with van der Waals surface area (Å²) < 4.78 is 41.2. The topological polar surface area (TPSA) is 71.0 Å². The minimum atomic E-state index is -4.57. The lowest BCUT2D eigenvalue weighted by molar-refractivity contribution is -0.138. The number of alkyl halides is 3. The molecule has 30 heavy (non-hydrogen) atoms. The molecule has 0 spiro atoms. The van der Waals surface area contributed by atoms with Gasteiger partial charge >= 0.3 is 11.9 Å². The number of likely N-dealkylation sites (tertiary alicyclic amines) is 1. The molecule has 0 atom stereocenters. The Morgan fingerprint density at radius 1 is 1.17 bits per heavy atom. The number of rotatable bonds is 4. The average molecular weight is 436 g/mol. The number of hydrogen-bond acceptors (Lipinski definition) is 4. The summed E-state index contributed by atoms with van der Waals surface area (Å²) in [5, 5.41) is 9.26. The van der Waals surface area contributed by atoms with Gasteiger partial charge in [-0.3, -0.25) is 4.79 Å². The second-order valence-corrected chi connectivity index (χ2v) is 8.14. The predicted molar refractivity (Wildman–Crippen MR) is 106 cm³/mol. The van der Waals surface area contributed by atoms with Gasteiger partial charge in [-0.1, -0.05) is 12.1 Å². The van der Waals surface area contributed by atoms with Crippen LogP contribution >= 0.6 is 11.3 Å². The Balaban J connectivity index is 1.44. The normalized spacial score (nSPS) is 15.5. The smallest absolute Gasteiger partial charge is 0.339 e. The third-order valence-corrected chi connectivity index (χ3v) is 6.16. The minimum Gasteiger partial charge on any atom is -0.339 e. The molecule has 0 radical (unpaired) electrons. The molecule has 2 aromatic heterocycles. The molecule has 1 aromatic carbocycles. The van der Waals surface area contributed by atoms with E-state index in [2.05, 4.69) is 10.2 Å². The minimum absolute atomic E-state index is 0.181. The molecule has 1 N–H and O–H groups in total. The fraction of sp³-hybridized carbons (Fsp3) is 0.350. The van der Waals surface area contributed by atoms with Crippen molar-refractivity contribution in [3.8, 4) is 5.00 Å². The molecule has 0 bridgehead atoms. The first-order valence-electron chi connectivity index (χ1n) is 9.50. The van der Waals surface area contributed by atoms with E-state index in [-0.39, 0.29) is 17.2 Å².